The van der Waals surface area contributed by atoms with E-state index in [1.807, 2.05) is 6.07 Å². The molecule has 1 aromatic carbocycles. The van der Waals surface area contributed by atoms with Crippen LogP contribution in [-0.4, -0.2) is 13.2 Å². The van der Waals surface area contributed by atoms with Gasteiger partial charge in [0.25, 0.3) is 0 Å². The summed E-state index contributed by atoms with van der Waals surface area (Å²) in [6, 6.07) is 10.3. The highest BCUT2D eigenvalue weighted by Gasteiger charge is 2.00. The van der Waals surface area contributed by atoms with E-state index in [1.54, 1.807) is 11.3 Å². The molecule has 0 fully saturated rings. The molecule has 0 atom stereocenters. The zero-order valence-corrected chi connectivity index (χ0v) is 12.7. The zero-order chi connectivity index (χ0) is 12.8. The van der Waals surface area contributed by atoms with Crippen LogP contribution in [0.2, 0.25) is 0 Å². The number of thiophene rings is 1. The highest BCUT2D eigenvalue weighted by Crippen LogP contribution is 2.25. The summed E-state index contributed by atoms with van der Waals surface area (Å²) in [7, 11) is 0. The van der Waals surface area contributed by atoms with Crippen molar-refractivity contribution in [2.24, 2.45) is 0 Å². The van der Waals surface area contributed by atoms with Gasteiger partial charge in [-0.05, 0) is 52.0 Å². The van der Waals surface area contributed by atoms with Crippen LogP contribution in [0.1, 0.15) is 10.4 Å². The van der Waals surface area contributed by atoms with E-state index < -0.39 is 0 Å². The predicted molar refractivity (Wildman–Crippen MR) is 80.4 cm³/mol. The standard InChI is InChI=1S/C14H16BrNOS/c1-11-4-5-14(13(15)9-11)17-7-6-16-10-12-3-2-8-18-12/h2-5,8-9,16H,6-7,10H2,1H3. The van der Waals surface area contributed by atoms with Gasteiger partial charge in [0.15, 0.2) is 0 Å². The van der Waals surface area contributed by atoms with Crippen LogP contribution < -0.4 is 10.1 Å². The van der Waals surface area contributed by atoms with Gasteiger partial charge < -0.3 is 10.1 Å². The molecule has 0 radical (unpaired) electrons. The van der Waals surface area contributed by atoms with Crippen molar-refractivity contribution in [3.63, 3.8) is 0 Å². The Hall–Kier alpha value is -0.840. The zero-order valence-electron chi connectivity index (χ0n) is 10.3. The Morgan fingerprint density at radius 1 is 1.33 bits per heavy atom. The topological polar surface area (TPSA) is 21.3 Å². The maximum atomic E-state index is 5.71. The van der Waals surface area contributed by atoms with Crippen LogP contribution in [-0.2, 0) is 6.54 Å². The number of benzene rings is 1. The van der Waals surface area contributed by atoms with E-state index in [2.05, 4.69) is 57.8 Å². The van der Waals surface area contributed by atoms with Gasteiger partial charge in [-0.2, -0.15) is 0 Å². The number of nitrogens with one attached hydrogen (secondary N) is 1. The quantitative estimate of drug-likeness (QED) is 0.811. The molecule has 4 heteroatoms. The first-order valence-electron chi connectivity index (χ1n) is 5.88. The average Bonchev–Trinajstić information content (AvgIpc) is 2.84. The van der Waals surface area contributed by atoms with Crippen LogP contribution in [0.3, 0.4) is 0 Å². The summed E-state index contributed by atoms with van der Waals surface area (Å²) < 4.78 is 6.72. The first-order valence-corrected chi connectivity index (χ1v) is 7.55. The van der Waals surface area contributed by atoms with E-state index in [9.17, 15) is 0 Å². The fourth-order valence-electron chi connectivity index (χ4n) is 1.58. The maximum absolute atomic E-state index is 5.71. The summed E-state index contributed by atoms with van der Waals surface area (Å²) in [5, 5.41) is 5.45. The number of rotatable bonds is 6. The van der Waals surface area contributed by atoms with Crippen molar-refractivity contribution >= 4 is 27.3 Å². The Morgan fingerprint density at radius 3 is 2.94 bits per heavy atom. The summed E-state index contributed by atoms with van der Waals surface area (Å²) in [4.78, 5) is 1.35. The molecule has 0 bridgehead atoms. The number of aryl methyl sites for hydroxylation is 1. The monoisotopic (exact) mass is 325 g/mol. The van der Waals surface area contributed by atoms with Crippen molar-refractivity contribution in [2.75, 3.05) is 13.2 Å². The molecule has 2 nitrogen and oxygen atoms in total. The lowest BCUT2D eigenvalue weighted by atomic mass is 10.2. The molecule has 1 N–H and O–H groups in total. The second kappa shape index (κ2) is 6.92. The molecular formula is C14H16BrNOS. The molecule has 0 saturated heterocycles. The van der Waals surface area contributed by atoms with Gasteiger partial charge in [0.05, 0.1) is 4.47 Å². The Kier molecular flexibility index (Phi) is 5.23. The highest BCUT2D eigenvalue weighted by molar-refractivity contribution is 9.10. The third-order valence-electron chi connectivity index (χ3n) is 2.50. The summed E-state index contributed by atoms with van der Waals surface area (Å²) in [6.07, 6.45) is 0. The van der Waals surface area contributed by atoms with Crippen molar-refractivity contribution in [2.45, 2.75) is 13.5 Å². The Bertz CT molecular complexity index is 485. The van der Waals surface area contributed by atoms with E-state index in [-0.39, 0.29) is 0 Å². The highest BCUT2D eigenvalue weighted by atomic mass is 79.9. The largest absolute Gasteiger partial charge is 0.491 e. The normalized spacial score (nSPS) is 10.6. The molecule has 2 rings (SSSR count). The molecule has 2 aromatic rings. The Morgan fingerprint density at radius 2 is 2.22 bits per heavy atom. The number of halogens is 1. The summed E-state index contributed by atoms with van der Waals surface area (Å²) in [5.41, 5.74) is 1.23. The minimum Gasteiger partial charge on any atom is -0.491 e. The number of hydrogen-bond acceptors (Lipinski definition) is 3. The molecule has 0 aliphatic carbocycles. The van der Waals surface area contributed by atoms with Crippen LogP contribution in [0.15, 0.2) is 40.2 Å². The van der Waals surface area contributed by atoms with Gasteiger partial charge in [0, 0.05) is 18.0 Å². The first kappa shape index (κ1) is 13.6. The summed E-state index contributed by atoms with van der Waals surface area (Å²) in [5.74, 6) is 0.901. The smallest absolute Gasteiger partial charge is 0.133 e. The molecule has 0 unspecified atom stereocenters. The molecule has 18 heavy (non-hydrogen) atoms. The van der Waals surface area contributed by atoms with Crippen LogP contribution >= 0.6 is 27.3 Å². The van der Waals surface area contributed by atoms with Gasteiger partial charge in [0.2, 0.25) is 0 Å². The molecular weight excluding hydrogens is 310 g/mol. The van der Waals surface area contributed by atoms with Crippen LogP contribution in [0.25, 0.3) is 0 Å². The molecule has 0 spiro atoms. The minimum absolute atomic E-state index is 0.674. The van der Waals surface area contributed by atoms with Gasteiger partial charge >= 0.3 is 0 Å². The van der Waals surface area contributed by atoms with Crippen LogP contribution in [0, 0.1) is 6.92 Å². The van der Waals surface area contributed by atoms with Gasteiger partial charge in [-0.15, -0.1) is 11.3 Å². The van der Waals surface area contributed by atoms with Crippen molar-refractivity contribution in [3.8, 4) is 5.75 Å². The second-order valence-electron chi connectivity index (χ2n) is 4.04. The molecule has 96 valence electrons. The second-order valence-corrected chi connectivity index (χ2v) is 5.93. The molecule has 0 saturated carbocycles. The lowest BCUT2D eigenvalue weighted by Gasteiger charge is -2.09. The Labute approximate surface area is 120 Å². The number of hydrogen-bond donors (Lipinski definition) is 1. The fourth-order valence-corrected chi connectivity index (χ4v) is 2.86. The fraction of sp³-hybridized carbons (Fsp3) is 0.286. The third kappa shape index (κ3) is 4.12. The predicted octanol–water partition coefficient (Wildman–Crippen LogP) is 3.99. The van der Waals surface area contributed by atoms with E-state index in [0.29, 0.717) is 6.61 Å². The van der Waals surface area contributed by atoms with Crippen LogP contribution in [0.4, 0.5) is 0 Å². The summed E-state index contributed by atoms with van der Waals surface area (Å²) >= 11 is 5.27. The Balaban J connectivity index is 1.69. The molecule has 1 aromatic heterocycles. The van der Waals surface area contributed by atoms with Gasteiger partial charge in [-0.3, -0.25) is 0 Å². The maximum Gasteiger partial charge on any atom is 0.133 e. The molecule has 1 heterocycles. The van der Waals surface area contributed by atoms with Crippen molar-refractivity contribution in [3.05, 3.63) is 50.6 Å². The molecule has 0 aliphatic heterocycles. The molecule has 0 amide bonds. The van der Waals surface area contributed by atoms with E-state index in [4.69, 9.17) is 4.74 Å². The van der Waals surface area contributed by atoms with Crippen molar-refractivity contribution in [1.82, 2.24) is 5.32 Å². The SMILES string of the molecule is Cc1ccc(OCCNCc2cccs2)c(Br)c1. The van der Waals surface area contributed by atoms with E-state index in [1.165, 1.54) is 10.4 Å². The van der Waals surface area contributed by atoms with E-state index >= 15 is 0 Å². The van der Waals surface area contributed by atoms with Crippen molar-refractivity contribution < 1.29 is 4.74 Å². The lowest BCUT2D eigenvalue weighted by molar-refractivity contribution is 0.312. The summed E-state index contributed by atoms with van der Waals surface area (Å²) in [6.45, 7) is 4.50. The van der Waals surface area contributed by atoms with Gasteiger partial charge in [-0.25, -0.2) is 0 Å². The van der Waals surface area contributed by atoms with Gasteiger partial charge in [-0.1, -0.05) is 12.1 Å². The van der Waals surface area contributed by atoms with E-state index in [0.717, 1.165) is 23.3 Å². The third-order valence-corrected chi connectivity index (χ3v) is 4.00. The number of ether oxygens (including phenoxy) is 1. The minimum atomic E-state index is 0.674. The first-order chi connectivity index (χ1) is 8.75. The lowest BCUT2D eigenvalue weighted by Crippen LogP contribution is -2.20. The van der Waals surface area contributed by atoms with Crippen LogP contribution in [0.5, 0.6) is 5.75 Å². The average molecular weight is 326 g/mol. The molecule has 0 aliphatic rings. The van der Waals surface area contributed by atoms with Crippen molar-refractivity contribution in [1.29, 1.82) is 0 Å². The van der Waals surface area contributed by atoms with Gasteiger partial charge in [0.1, 0.15) is 12.4 Å².